The van der Waals surface area contributed by atoms with E-state index in [1.165, 1.54) is 22.3 Å². The monoisotopic (exact) mass is 192 g/mol. The fourth-order valence-electron chi connectivity index (χ4n) is 1.62. The van der Waals surface area contributed by atoms with Gasteiger partial charge in [0.2, 0.25) is 0 Å². The summed E-state index contributed by atoms with van der Waals surface area (Å²) < 4.78 is 0. The van der Waals surface area contributed by atoms with E-state index in [2.05, 4.69) is 57.7 Å². The molecule has 0 amide bonds. The number of hydrogen-bond acceptors (Lipinski definition) is 1. The van der Waals surface area contributed by atoms with E-state index in [9.17, 15) is 0 Å². The third kappa shape index (κ3) is 2.63. The van der Waals surface area contributed by atoms with Gasteiger partial charge in [-0.3, -0.25) is 0 Å². The Morgan fingerprint density at radius 3 is 2.15 bits per heavy atom. The van der Waals surface area contributed by atoms with Crippen LogP contribution in [0.25, 0.3) is 6.08 Å². The topological polar surface area (TPSA) is 0 Å². The predicted molar refractivity (Wildman–Crippen MR) is 63.5 cm³/mol. The Bertz CT molecular complexity index is 301. The van der Waals surface area contributed by atoms with Crippen LogP contribution in [0.4, 0.5) is 0 Å². The van der Waals surface area contributed by atoms with Gasteiger partial charge in [-0.15, -0.1) is 0 Å². The van der Waals surface area contributed by atoms with Crippen LogP contribution >= 0.6 is 12.6 Å². The van der Waals surface area contributed by atoms with Crippen LogP contribution in [0.3, 0.4) is 0 Å². The summed E-state index contributed by atoms with van der Waals surface area (Å²) >= 11 is 4.15. The van der Waals surface area contributed by atoms with E-state index in [4.69, 9.17) is 0 Å². The minimum absolute atomic E-state index is 0.798. The van der Waals surface area contributed by atoms with E-state index in [1.54, 1.807) is 0 Å². The first-order chi connectivity index (χ1) is 6.15. The summed E-state index contributed by atoms with van der Waals surface area (Å²) in [6.45, 7) is 6.43. The number of aryl methyl sites for hydroxylation is 3. The van der Waals surface area contributed by atoms with E-state index in [1.807, 2.05) is 0 Å². The normalized spacial score (nSPS) is 11.1. The van der Waals surface area contributed by atoms with Gasteiger partial charge in [0.1, 0.15) is 0 Å². The fraction of sp³-hybridized carbons (Fsp3) is 0.333. The van der Waals surface area contributed by atoms with Gasteiger partial charge >= 0.3 is 0 Å². The Morgan fingerprint density at radius 2 is 1.69 bits per heavy atom. The predicted octanol–water partition coefficient (Wildman–Crippen LogP) is 3.55. The van der Waals surface area contributed by atoms with Gasteiger partial charge in [0.15, 0.2) is 0 Å². The molecule has 0 aliphatic rings. The van der Waals surface area contributed by atoms with Gasteiger partial charge < -0.3 is 0 Å². The quantitative estimate of drug-likeness (QED) is 0.681. The molecule has 0 aliphatic carbocycles. The van der Waals surface area contributed by atoms with Crippen LogP contribution in [-0.2, 0) is 0 Å². The minimum Gasteiger partial charge on any atom is -0.175 e. The van der Waals surface area contributed by atoms with E-state index in [0.717, 1.165) is 5.75 Å². The molecule has 0 spiro atoms. The number of thiol groups is 1. The number of rotatable bonds is 2. The maximum absolute atomic E-state index is 4.15. The lowest BCUT2D eigenvalue weighted by molar-refractivity contribution is 1.30. The van der Waals surface area contributed by atoms with Crippen LogP contribution in [0.1, 0.15) is 22.3 Å². The second-order valence-corrected chi connectivity index (χ2v) is 3.76. The van der Waals surface area contributed by atoms with Crippen molar-refractivity contribution in [2.45, 2.75) is 20.8 Å². The molecule has 13 heavy (non-hydrogen) atoms. The van der Waals surface area contributed by atoms with Gasteiger partial charge in [0, 0.05) is 5.75 Å². The molecule has 0 N–H and O–H groups in total. The van der Waals surface area contributed by atoms with Crippen LogP contribution in [0.2, 0.25) is 0 Å². The lowest BCUT2D eigenvalue weighted by Gasteiger charge is -2.06. The van der Waals surface area contributed by atoms with Crippen molar-refractivity contribution in [3.8, 4) is 0 Å². The largest absolute Gasteiger partial charge is 0.175 e. The average Bonchev–Trinajstić information content (AvgIpc) is 2.02. The SMILES string of the molecule is Cc1cc(C)c(C=CCS)c(C)c1. The zero-order valence-corrected chi connectivity index (χ0v) is 9.36. The molecule has 0 unspecified atom stereocenters. The molecule has 0 heterocycles. The highest BCUT2D eigenvalue weighted by molar-refractivity contribution is 7.80. The molecule has 1 aromatic carbocycles. The van der Waals surface area contributed by atoms with Gasteiger partial charge in [-0.05, 0) is 37.5 Å². The third-order valence-corrected chi connectivity index (χ3v) is 2.34. The second kappa shape index (κ2) is 4.52. The molecule has 0 aliphatic heterocycles. The lowest BCUT2D eigenvalue weighted by Crippen LogP contribution is -1.88. The minimum atomic E-state index is 0.798. The van der Waals surface area contributed by atoms with Crippen molar-refractivity contribution in [3.05, 3.63) is 40.5 Å². The van der Waals surface area contributed by atoms with Crippen molar-refractivity contribution < 1.29 is 0 Å². The Balaban J connectivity index is 3.13. The zero-order valence-electron chi connectivity index (χ0n) is 8.46. The van der Waals surface area contributed by atoms with Crippen LogP contribution in [0.15, 0.2) is 18.2 Å². The van der Waals surface area contributed by atoms with Crippen molar-refractivity contribution in [2.24, 2.45) is 0 Å². The standard InChI is InChI=1S/C12H16S/c1-9-7-10(2)12(5-4-6-13)11(3)8-9/h4-5,7-8,13H,6H2,1-3H3. The summed E-state index contributed by atoms with van der Waals surface area (Å²) in [5.74, 6) is 0.798. The molecular weight excluding hydrogens is 176 g/mol. The molecule has 0 radical (unpaired) electrons. The van der Waals surface area contributed by atoms with Crippen LogP contribution < -0.4 is 0 Å². The molecule has 70 valence electrons. The Hall–Kier alpha value is -0.690. The Labute approximate surface area is 86.1 Å². The van der Waals surface area contributed by atoms with Crippen molar-refractivity contribution in [1.82, 2.24) is 0 Å². The van der Waals surface area contributed by atoms with Crippen molar-refractivity contribution in [2.75, 3.05) is 5.75 Å². The average molecular weight is 192 g/mol. The molecule has 0 saturated heterocycles. The number of hydrogen-bond donors (Lipinski definition) is 1. The molecule has 0 fully saturated rings. The van der Waals surface area contributed by atoms with Crippen LogP contribution in [-0.4, -0.2) is 5.75 Å². The molecular formula is C12H16S. The first-order valence-electron chi connectivity index (χ1n) is 4.50. The van der Waals surface area contributed by atoms with Gasteiger partial charge in [0.25, 0.3) is 0 Å². The zero-order chi connectivity index (χ0) is 9.84. The van der Waals surface area contributed by atoms with E-state index >= 15 is 0 Å². The Morgan fingerprint density at radius 1 is 1.15 bits per heavy atom. The van der Waals surface area contributed by atoms with Crippen LogP contribution in [0.5, 0.6) is 0 Å². The summed E-state index contributed by atoms with van der Waals surface area (Å²) in [7, 11) is 0. The molecule has 1 rings (SSSR count). The lowest BCUT2D eigenvalue weighted by atomic mass is 10.00. The summed E-state index contributed by atoms with van der Waals surface area (Å²) in [5.41, 5.74) is 5.35. The highest BCUT2D eigenvalue weighted by atomic mass is 32.1. The van der Waals surface area contributed by atoms with E-state index < -0.39 is 0 Å². The number of benzene rings is 1. The van der Waals surface area contributed by atoms with E-state index in [0.29, 0.717) is 0 Å². The molecule has 0 aromatic heterocycles. The van der Waals surface area contributed by atoms with Crippen LogP contribution in [0, 0.1) is 20.8 Å². The van der Waals surface area contributed by atoms with Crippen molar-refractivity contribution in [1.29, 1.82) is 0 Å². The smallest absolute Gasteiger partial charge is 0.00858 e. The summed E-state index contributed by atoms with van der Waals surface area (Å²) in [6, 6.07) is 4.43. The van der Waals surface area contributed by atoms with Gasteiger partial charge in [0.05, 0.1) is 0 Å². The summed E-state index contributed by atoms with van der Waals surface area (Å²) in [6.07, 6.45) is 4.23. The maximum Gasteiger partial charge on any atom is 0.00858 e. The second-order valence-electron chi connectivity index (χ2n) is 3.40. The first kappa shape index (κ1) is 10.4. The van der Waals surface area contributed by atoms with Crippen molar-refractivity contribution in [3.63, 3.8) is 0 Å². The van der Waals surface area contributed by atoms with Gasteiger partial charge in [-0.25, -0.2) is 0 Å². The molecule has 1 heteroatoms. The third-order valence-electron chi connectivity index (χ3n) is 2.13. The Kier molecular flexibility index (Phi) is 3.61. The molecule has 0 atom stereocenters. The fourth-order valence-corrected chi connectivity index (χ4v) is 1.73. The summed E-state index contributed by atoms with van der Waals surface area (Å²) in [4.78, 5) is 0. The summed E-state index contributed by atoms with van der Waals surface area (Å²) in [5, 5.41) is 0. The van der Waals surface area contributed by atoms with Gasteiger partial charge in [-0.1, -0.05) is 29.8 Å². The maximum atomic E-state index is 4.15. The highest BCUT2D eigenvalue weighted by Crippen LogP contribution is 2.17. The highest BCUT2D eigenvalue weighted by Gasteiger charge is 1.98. The first-order valence-corrected chi connectivity index (χ1v) is 5.13. The van der Waals surface area contributed by atoms with Crippen molar-refractivity contribution >= 4 is 18.7 Å². The molecule has 0 saturated carbocycles. The van der Waals surface area contributed by atoms with Gasteiger partial charge in [-0.2, -0.15) is 12.6 Å². The van der Waals surface area contributed by atoms with E-state index in [-0.39, 0.29) is 0 Å². The molecule has 1 aromatic rings. The molecule has 0 nitrogen and oxygen atoms in total. The molecule has 0 bridgehead atoms.